The van der Waals surface area contributed by atoms with Crippen LogP contribution in [-0.2, 0) is 0 Å². The number of hydrogen-bond donors (Lipinski definition) is 2. The minimum atomic E-state index is 0. The molecule has 0 aromatic carbocycles. The maximum absolute atomic E-state index is 5.23. The van der Waals surface area contributed by atoms with Crippen molar-refractivity contribution in [2.75, 3.05) is 13.1 Å². The van der Waals surface area contributed by atoms with E-state index in [2.05, 4.69) is 7.05 Å². The number of unbranched alkanes of at least 4 members (excludes halogenated alkanes) is 1. The van der Waals surface area contributed by atoms with Crippen molar-refractivity contribution in [3.63, 3.8) is 0 Å². The standard InChI is InChI=1S/C5H14N2.H2/c1-7-5-3-2-4-6;/h1-7H2;1H. The third-order valence-electron chi connectivity index (χ3n) is 0.862. The number of nitrogens with two attached hydrogens (primary N) is 2. The SMILES string of the molecule is [CH2-][NH2+]CCCCN.[HH]. The highest BCUT2D eigenvalue weighted by molar-refractivity contribution is 4.34. The number of hydrogen-bond acceptors (Lipinski definition) is 1. The molecule has 0 aliphatic heterocycles. The quantitative estimate of drug-likeness (QED) is 0.360. The summed E-state index contributed by atoms with van der Waals surface area (Å²) in [5.74, 6) is 0. The molecule has 0 bridgehead atoms. The maximum Gasteiger partial charge on any atom is 0.0515 e. The molecule has 0 heterocycles. The molecule has 0 rings (SSSR count). The van der Waals surface area contributed by atoms with Gasteiger partial charge in [0.1, 0.15) is 0 Å². The fraction of sp³-hybridized carbons (Fsp3) is 0.800. The average molecular weight is 104 g/mol. The second kappa shape index (κ2) is 5.92. The fourth-order valence-corrected chi connectivity index (χ4v) is 0.433. The van der Waals surface area contributed by atoms with E-state index in [1.54, 1.807) is 0 Å². The van der Waals surface area contributed by atoms with Gasteiger partial charge >= 0.3 is 0 Å². The lowest BCUT2D eigenvalue weighted by atomic mass is 10.3. The monoisotopic (exact) mass is 104 g/mol. The predicted octanol–water partition coefficient (Wildman–Crippen LogP) is -0.674. The first kappa shape index (κ1) is 6.92. The van der Waals surface area contributed by atoms with Gasteiger partial charge in [0.2, 0.25) is 0 Å². The molecule has 0 spiro atoms. The lowest BCUT2D eigenvalue weighted by Crippen LogP contribution is -2.76. The summed E-state index contributed by atoms with van der Waals surface area (Å²) < 4.78 is 0. The summed E-state index contributed by atoms with van der Waals surface area (Å²) in [5.41, 5.74) is 5.23. The van der Waals surface area contributed by atoms with Crippen molar-refractivity contribution in [3.05, 3.63) is 7.05 Å². The van der Waals surface area contributed by atoms with Gasteiger partial charge in [-0.05, 0) is 19.4 Å². The van der Waals surface area contributed by atoms with Gasteiger partial charge in [0, 0.05) is 1.43 Å². The zero-order chi connectivity index (χ0) is 5.54. The summed E-state index contributed by atoms with van der Waals surface area (Å²) in [7, 11) is 3.59. The third kappa shape index (κ3) is 5.92. The molecule has 2 nitrogen and oxygen atoms in total. The van der Waals surface area contributed by atoms with Crippen LogP contribution in [0, 0.1) is 7.05 Å². The van der Waals surface area contributed by atoms with Gasteiger partial charge < -0.3 is 11.1 Å². The zero-order valence-corrected chi connectivity index (χ0v) is 4.69. The van der Waals surface area contributed by atoms with Crippen molar-refractivity contribution in [2.24, 2.45) is 5.73 Å². The molecule has 0 saturated carbocycles. The van der Waals surface area contributed by atoms with Crippen LogP contribution in [0.4, 0.5) is 0 Å². The largest absolute Gasteiger partial charge is 0.479 e. The fourth-order valence-electron chi connectivity index (χ4n) is 0.433. The van der Waals surface area contributed by atoms with Crippen molar-refractivity contribution in [2.45, 2.75) is 12.8 Å². The van der Waals surface area contributed by atoms with E-state index in [4.69, 9.17) is 5.73 Å². The Hall–Kier alpha value is -0.0800. The second-order valence-corrected chi connectivity index (χ2v) is 1.57. The van der Waals surface area contributed by atoms with Gasteiger partial charge in [-0.1, -0.05) is 0 Å². The van der Waals surface area contributed by atoms with Crippen LogP contribution in [0.5, 0.6) is 0 Å². The van der Waals surface area contributed by atoms with Gasteiger partial charge in [-0.15, -0.1) is 0 Å². The molecule has 4 N–H and O–H groups in total. The average Bonchev–Trinajstić information content (AvgIpc) is 1.69. The molecule has 0 aromatic rings. The van der Waals surface area contributed by atoms with E-state index in [9.17, 15) is 0 Å². The van der Waals surface area contributed by atoms with Crippen LogP contribution >= 0.6 is 0 Å². The molecule has 7 heavy (non-hydrogen) atoms. The molecule has 0 atom stereocenters. The molecule has 0 fully saturated rings. The minimum Gasteiger partial charge on any atom is -0.479 e. The van der Waals surface area contributed by atoms with Gasteiger partial charge in [0.25, 0.3) is 0 Å². The molecule has 2 heteroatoms. The van der Waals surface area contributed by atoms with E-state index < -0.39 is 0 Å². The molecular formula is C5H16N2. The Bertz CT molecular complexity index is 29.6. The van der Waals surface area contributed by atoms with Crippen LogP contribution in [0.2, 0.25) is 0 Å². The lowest BCUT2D eigenvalue weighted by molar-refractivity contribution is -0.595. The van der Waals surface area contributed by atoms with Gasteiger partial charge in [0.15, 0.2) is 0 Å². The summed E-state index contributed by atoms with van der Waals surface area (Å²) in [5, 5.41) is 1.93. The third-order valence-corrected chi connectivity index (χ3v) is 0.862. The predicted molar refractivity (Wildman–Crippen MR) is 32.6 cm³/mol. The summed E-state index contributed by atoms with van der Waals surface area (Å²) in [6, 6.07) is 0. The van der Waals surface area contributed by atoms with E-state index in [1.165, 1.54) is 6.42 Å². The Morgan fingerprint density at radius 3 is 2.71 bits per heavy atom. The first-order valence-electron chi connectivity index (χ1n) is 2.72. The van der Waals surface area contributed by atoms with Crippen molar-refractivity contribution >= 4 is 0 Å². The molecule has 0 amide bonds. The van der Waals surface area contributed by atoms with E-state index in [1.807, 2.05) is 5.32 Å². The van der Waals surface area contributed by atoms with Crippen LogP contribution in [0.25, 0.3) is 0 Å². The second-order valence-electron chi connectivity index (χ2n) is 1.57. The van der Waals surface area contributed by atoms with Gasteiger partial charge in [-0.25, -0.2) is 0 Å². The Morgan fingerprint density at radius 1 is 1.57 bits per heavy atom. The highest BCUT2D eigenvalue weighted by Crippen LogP contribution is 1.76. The first-order chi connectivity index (χ1) is 3.41. The highest BCUT2D eigenvalue weighted by Gasteiger charge is 1.79. The van der Waals surface area contributed by atoms with E-state index in [-0.39, 0.29) is 1.43 Å². The van der Waals surface area contributed by atoms with Gasteiger partial charge in [-0.3, -0.25) is 0 Å². The zero-order valence-electron chi connectivity index (χ0n) is 4.69. The smallest absolute Gasteiger partial charge is 0.0515 e. The molecule has 0 radical (unpaired) electrons. The minimum absolute atomic E-state index is 0. The molecule has 0 aliphatic rings. The maximum atomic E-state index is 5.23. The van der Waals surface area contributed by atoms with Crippen molar-refractivity contribution < 1.29 is 6.74 Å². The summed E-state index contributed by atoms with van der Waals surface area (Å²) in [4.78, 5) is 0. The molecule has 0 aliphatic carbocycles. The van der Waals surface area contributed by atoms with Crippen LogP contribution in [0.1, 0.15) is 14.3 Å². The van der Waals surface area contributed by atoms with Crippen LogP contribution in [0.3, 0.4) is 0 Å². The molecule has 0 unspecified atom stereocenters. The van der Waals surface area contributed by atoms with Gasteiger partial charge in [0.05, 0.1) is 6.54 Å². The highest BCUT2D eigenvalue weighted by atomic mass is 14.8. The van der Waals surface area contributed by atoms with Crippen molar-refractivity contribution in [3.8, 4) is 0 Å². The van der Waals surface area contributed by atoms with E-state index >= 15 is 0 Å². The summed E-state index contributed by atoms with van der Waals surface area (Å²) >= 11 is 0. The summed E-state index contributed by atoms with van der Waals surface area (Å²) in [6.07, 6.45) is 2.33. The number of rotatable bonds is 4. The van der Waals surface area contributed by atoms with E-state index in [0.29, 0.717) is 0 Å². The topological polar surface area (TPSA) is 42.6 Å². The Kier molecular flexibility index (Phi) is 5.85. The van der Waals surface area contributed by atoms with Crippen LogP contribution < -0.4 is 11.1 Å². The normalized spacial score (nSPS) is 9.43. The molecule has 0 saturated heterocycles. The Morgan fingerprint density at radius 2 is 2.29 bits per heavy atom. The Balaban J connectivity index is 0. The van der Waals surface area contributed by atoms with Gasteiger partial charge in [-0.2, -0.15) is 7.05 Å². The first-order valence-corrected chi connectivity index (χ1v) is 2.72. The summed E-state index contributed by atoms with van der Waals surface area (Å²) in [6.45, 7) is 1.92. The van der Waals surface area contributed by atoms with Crippen molar-refractivity contribution in [1.82, 2.24) is 0 Å². The molecule has 46 valence electrons. The van der Waals surface area contributed by atoms with Crippen molar-refractivity contribution in [1.29, 1.82) is 0 Å². The van der Waals surface area contributed by atoms with E-state index in [0.717, 1.165) is 19.5 Å². The molecular weight excluding hydrogens is 88.1 g/mol. The Labute approximate surface area is 46.6 Å². The van der Waals surface area contributed by atoms with Crippen LogP contribution in [0.15, 0.2) is 0 Å². The lowest BCUT2D eigenvalue weighted by Gasteiger charge is -1.95. The molecule has 0 aromatic heterocycles. The number of quaternary nitrogens is 1. The van der Waals surface area contributed by atoms with Crippen LogP contribution in [-0.4, -0.2) is 13.1 Å².